The Labute approximate surface area is 280 Å². The van der Waals surface area contributed by atoms with Crippen LogP contribution in [0.4, 0.5) is 0 Å². The van der Waals surface area contributed by atoms with Gasteiger partial charge in [0.15, 0.2) is 11.6 Å². The van der Waals surface area contributed by atoms with Crippen molar-refractivity contribution in [3.63, 3.8) is 0 Å². The maximum atomic E-state index is 13.1. The highest BCUT2D eigenvalue weighted by Crippen LogP contribution is 2.69. The van der Waals surface area contributed by atoms with E-state index in [4.69, 9.17) is 3.63 Å². The molecule has 0 radical (unpaired) electrons. The van der Waals surface area contributed by atoms with Gasteiger partial charge in [-0.25, -0.2) is 3.63 Å². The Morgan fingerprint density at radius 2 is 0.766 bits per heavy atom. The smallest absolute Gasteiger partial charge is 0.274 e. The number of benzene rings is 6. The molecule has 0 spiro atoms. The number of hydrogen-bond donors (Lipinski definition) is 0. The van der Waals surface area contributed by atoms with E-state index in [2.05, 4.69) is 0 Å². The van der Waals surface area contributed by atoms with Crippen molar-refractivity contribution in [2.75, 3.05) is 6.26 Å². The van der Waals surface area contributed by atoms with Gasteiger partial charge >= 0.3 is 0 Å². The summed E-state index contributed by atoms with van der Waals surface area (Å²) in [5.74, 6) is -0.157. The Morgan fingerprint density at radius 1 is 0.447 bits per heavy atom. The molecule has 0 amide bonds. The number of carbonyl (C=O) groups excluding carboxylic acids is 2. The summed E-state index contributed by atoms with van der Waals surface area (Å²) < 4.78 is 32.0. The van der Waals surface area contributed by atoms with Gasteiger partial charge in [0.2, 0.25) is 0 Å². The first-order valence-electron chi connectivity index (χ1n) is 14.7. The van der Waals surface area contributed by atoms with E-state index in [1.165, 1.54) is 11.8 Å². The number of rotatable bonds is 11. The van der Waals surface area contributed by atoms with Crippen LogP contribution in [0.1, 0.15) is 31.8 Å². The van der Waals surface area contributed by atoms with Crippen molar-refractivity contribution in [2.24, 2.45) is 0 Å². The second kappa shape index (κ2) is 13.9. The topological polar surface area (TPSA) is 77.5 Å². The predicted molar refractivity (Wildman–Crippen MR) is 188 cm³/mol. The average Bonchev–Trinajstić information content (AvgIpc) is 3.11. The molecular formula is C39H30O5S3. The number of hydrogen-bond acceptors (Lipinski definition) is 6. The molecule has 0 aliphatic heterocycles. The van der Waals surface area contributed by atoms with Gasteiger partial charge in [-0.2, -0.15) is 8.42 Å². The number of ketones is 2. The molecule has 0 N–H and O–H groups in total. The number of carbonyl (C=O) groups is 2. The van der Waals surface area contributed by atoms with Gasteiger partial charge in [-0.3, -0.25) is 9.59 Å². The highest BCUT2D eigenvalue weighted by Gasteiger charge is 2.36. The maximum absolute atomic E-state index is 13.1. The highest BCUT2D eigenvalue weighted by atomic mass is 32.3. The lowest BCUT2D eigenvalue weighted by molar-refractivity contribution is 0.103. The molecule has 8 heteroatoms. The normalized spacial score (nSPS) is 13.3. The van der Waals surface area contributed by atoms with Crippen molar-refractivity contribution < 1.29 is 21.6 Å². The van der Waals surface area contributed by atoms with Gasteiger partial charge in [0.1, 0.15) is 0 Å². The second-order valence-electron chi connectivity index (χ2n) is 10.7. The summed E-state index contributed by atoms with van der Waals surface area (Å²) in [5.41, 5.74) is 2.31. The van der Waals surface area contributed by atoms with Crippen LogP contribution in [0.3, 0.4) is 0 Å². The largest absolute Gasteiger partial charge is 0.289 e. The van der Waals surface area contributed by atoms with Crippen LogP contribution in [0.25, 0.3) is 0 Å². The molecule has 0 aromatic heterocycles. The highest BCUT2D eigenvalue weighted by molar-refractivity contribution is 8.33. The van der Waals surface area contributed by atoms with E-state index < -0.39 is 20.4 Å². The van der Waals surface area contributed by atoms with Gasteiger partial charge in [0.25, 0.3) is 10.1 Å². The fraction of sp³-hybridized carbons (Fsp3) is 0.0256. The molecule has 0 fully saturated rings. The minimum Gasteiger partial charge on any atom is -0.289 e. The maximum Gasteiger partial charge on any atom is 0.274 e. The van der Waals surface area contributed by atoms with E-state index in [0.717, 1.165) is 16.0 Å². The van der Waals surface area contributed by atoms with Crippen LogP contribution in [-0.2, 0) is 13.7 Å². The van der Waals surface area contributed by atoms with Crippen molar-refractivity contribution in [2.45, 2.75) is 24.5 Å². The van der Waals surface area contributed by atoms with Crippen LogP contribution in [-0.4, -0.2) is 26.2 Å². The monoisotopic (exact) mass is 674 g/mol. The Balaban J connectivity index is 1.34. The fourth-order valence-corrected chi connectivity index (χ4v) is 10.8. The minimum absolute atomic E-state index is 0.0323. The standard InChI is InChI=1S/C39H30O5S3/c1-46(42,43)44-47(35-15-9-4-10-16-35,36-25-19-32(20-26-36)39(41)30-13-7-3-8-14-30)37-27-23-34(24-28-37)45-33-21-17-31(18-22-33)38(40)29-11-5-2-6-12-29/h2-28H,1H3. The zero-order valence-corrected chi connectivity index (χ0v) is 27.8. The van der Waals surface area contributed by atoms with Crippen LogP contribution in [0.5, 0.6) is 0 Å². The van der Waals surface area contributed by atoms with E-state index in [1.807, 2.05) is 115 Å². The van der Waals surface area contributed by atoms with Gasteiger partial charge in [-0.1, -0.05) is 90.6 Å². The first-order chi connectivity index (χ1) is 22.7. The van der Waals surface area contributed by atoms with Crippen LogP contribution < -0.4 is 0 Å². The Bertz CT molecular complexity index is 2100. The summed E-state index contributed by atoms with van der Waals surface area (Å²) in [6, 6.07) is 49.6. The first kappa shape index (κ1) is 32.2. The molecule has 0 bridgehead atoms. The molecule has 0 aliphatic rings. The van der Waals surface area contributed by atoms with Crippen molar-refractivity contribution in [1.82, 2.24) is 0 Å². The molecular weight excluding hydrogens is 645 g/mol. The molecule has 47 heavy (non-hydrogen) atoms. The lowest BCUT2D eigenvalue weighted by Gasteiger charge is -2.39. The van der Waals surface area contributed by atoms with Crippen LogP contribution in [0.15, 0.2) is 188 Å². The summed E-state index contributed by atoms with van der Waals surface area (Å²) in [5, 5.41) is 0. The summed E-state index contributed by atoms with van der Waals surface area (Å²) in [6.07, 6.45) is 1.06. The van der Waals surface area contributed by atoms with Gasteiger partial charge in [-0.05, 0) is 95.2 Å². The van der Waals surface area contributed by atoms with Crippen molar-refractivity contribution >= 4 is 43.8 Å². The molecule has 0 aliphatic carbocycles. The Morgan fingerprint density at radius 3 is 1.19 bits per heavy atom. The van der Waals surface area contributed by atoms with Gasteiger partial charge in [-0.15, -0.1) is 0 Å². The third-order valence-electron chi connectivity index (χ3n) is 7.33. The van der Waals surface area contributed by atoms with E-state index in [-0.39, 0.29) is 11.6 Å². The van der Waals surface area contributed by atoms with E-state index >= 15 is 0 Å². The lowest BCUT2D eigenvalue weighted by Crippen LogP contribution is -2.13. The van der Waals surface area contributed by atoms with Crippen molar-refractivity contribution in [3.05, 3.63) is 186 Å². The average molecular weight is 675 g/mol. The molecule has 5 nitrogen and oxygen atoms in total. The van der Waals surface area contributed by atoms with Crippen LogP contribution >= 0.6 is 22.1 Å². The third kappa shape index (κ3) is 7.32. The van der Waals surface area contributed by atoms with Gasteiger partial charge in [0, 0.05) is 46.7 Å². The van der Waals surface area contributed by atoms with Crippen LogP contribution in [0, 0.1) is 0 Å². The quantitative estimate of drug-likeness (QED) is 0.127. The summed E-state index contributed by atoms with van der Waals surface area (Å²) in [6.45, 7) is 0. The molecule has 0 heterocycles. The van der Waals surface area contributed by atoms with E-state index in [9.17, 15) is 18.0 Å². The lowest BCUT2D eigenvalue weighted by atomic mass is 10.0. The molecule has 0 saturated carbocycles. The Hall–Kier alpha value is -4.73. The zero-order valence-electron chi connectivity index (χ0n) is 25.4. The predicted octanol–water partition coefficient (Wildman–Crippen LogP) is 9.47. The molecule has 6 aromatic rings. The third-order valence-corrected chi connectivity index (χ3v) is 13.0. The fourth-order valence-electron chi connectivity index (χ4n) is 5.14. The summed E-state index contributed by atoms with van der Waals surface area (Å²) in [4.78, 5) is 29.9. The van der Waals surface area contributed by atoms with Crippen molar-refractivity contribution in [1.29, 1.82) is 0 Å². The zero-order chi connectivity index (χ0) is 32.9. The molecule has 1 atom stereocenters. The summed E-state index contributed by atoms with van der Waals surface area (Å²) in [7, 11) is -6.72. The Kier molecular flexibility index (Phi) is 9.56. The van der Waals surface area contributed by atoms with E-state index in [0.29, 0.717) is 36.9 Å². The molecule has 6 rings (SSSR count). The molecule has 234 valence electrons. The molecule has 1 unspecified atom stereocenters. The van der Waals surface area contributed by atoms with E-state index in [1.54, 1.807) is 48.5 Å². The molecule has 6 aromatic carbocycles. The SMILES string of the molecule is CS(=O)(=O)OS(c1ccccc1)(c1ccc(Sc2ccc(C(=O)c3ccccc3)cc2)cc1)c1ccc(C(=O)c2ccccc2)cc1. The van der Waals surface area contributed by atoms with Crippen molar-refractivity contribution in [3.8, 4) is 0 Å². The molecule has 0 saturated heterocycles. The summed E-state index contributed by atoms with van der Waals surface area (Å²) >= 11 is 1.53. The van der Waals surface area contributed by atoms with Crippen LogP contribution in [0.2, 0.25) is 0 Å². The second-order valence-corrected chi connectivity index (χ2v) is 16.3. The van der Waals surface area contributed by atoms with Gasteiger partial charge in [0.05, 0.1) is 6.26 Å². The first-order valence-corrected chi connectivity index (χ1v) is 18.9. The minimum atomic E-state index is -3.95. The van der Waals surface area contributed by atoms with Gasteiger partial charge < -0.3 is 0 Å².